The fourth-order valence-electron chi connectivity index (χ4n) is 2.39. The normalized spacial score (nSPS) is 18.8. The monoisotopic (exact) mass is 287 g/mol. The average Bonchev–Trinajstić information content (AvgIpc) is 3.04. The van der Waals surface area contributed by atoms with Crippen LogP contribution in [0.4, 0.5) is 4.79 Å². The smallest absolute Gasteiger partial charge is 0.322 e. The second-order valence-electron chi connectivity index (χ2n) is 4.60. The first-order chi connectivity index (χ1) is 9.61. The Bertz CT molecular complexity index is 880. The maximum Gasteiger partial charge on any atom is 0.322 e. The molecule has 6 nitrogen and oxygen atoms in total. The fraction of sp³-hybridized carbons (Fsp3) is 0.154. The number of benzene rings is 1. The number of rotatable bonds is 1. The average molecular weight is 287 g/mol. The summed E-state index contributed by atoms with van der Waals surface area (Å²) in [6, 6.07) is 4.29. The van der Waals surface area contributed by atoms with E-state index in [1.165, 1.54) is 0 Å². The number of carbonyl (C=O) groups is 2. The highest BCUT2D eigenvalue weighted by atomic mass is 32.1. The van der Waals surface area contributed by atoms with Crippen molar-refractivity contribution in [1.29, 1.82) is 0 Å². The largest absolute Gasteiger partial charge is 0.458 e. The minimum Gasteiger partial charge on any atom is -0.458 e. The van der Waals surface area contributed by atoms with E-state index in [9.17, 15) is 9.59 Å². The van der Waals surface area contributed by atoms with E-state index in [1.54, 1.807) is 17.4 Å². The van der Waals surface area contributed by atoms with Gasteiger partial charge >= 0.3 is 6.03 Å². The number of urea groups is 1. The number of aromatic nitrogens is 1. The van der Waals surface area contributed by atoms with Crippen LogP contribution in [0.5, 0.6) is 0 Å². The van der Waals surface area contributed by atoms with Crippen molar-refractivity contribution in [2.45, 2.75) is 13.0 Å². The van der Waals surface area contributed by atoms with Crippen molar-refractivity contribution < 1.29 is 14.0 Å². The fourth-order valence-corrected chi connectivity index (χ4v) is 3.24. The minimum atomic E-state index is -0.773. The van der Waals surface area contributed by atoms with Crippen LogP contribution in [0, 0.1) is 6.92 Å². The van der Waals surface area contributed by atoms with Gasteiger partial charge in [-0.2, -0.15) is 0 Å². The van der Waals surface area contributed by atoms with E-state index in [0.717, 1.165) is 20.6 Å². The number of nitrogens with one attached hydrogen (secondary N) is 2. The van der Waals surface area contributed by atoms with Crippen LogP contribution in [0.15, 0.2) is 22.6 Å². The number of aryl methyl sites for hydroxylation is 1. The number of nitrogens with zero attached hydrogens (tertiary/aromatic N) is 1. The number of furan rings is 1. The molecule has 100 valence electrons. The Kier molecular flexibility index (Phi) is 2.17. The number of fused-ring (bicyclic) bond motifs is 3. The van der Waals surface area contributed by atoms with Gasteiger partial charge in [-0.25, -0.2) is 9.78 Å². The van der Waals surface area contributed by atoms with Crippen LogP contribution in [-0.2, 0) is 4.79 Å². The molecule has 1 aliphatic heterocycles. The number of amides is 3. The number of hydrogen-bond donors (Lipinski definition) is 2. The van der Waals surface area contributed by atoms with Crippen LogP contribution in [0.3, 0.4) is 0 Å². The van der Waals surface area contributed by atoms with E-state index < -0.39 is 18.0 Å². The molecule has 0 bridgehead atoms. The summed E-state index contributed by atoms with van der Waals surface area (Å²) in [7, 11) is 0. The van der Waals surface area contributed by atoms with Gasteiger partial charge in [0.05, 0.1) is 15.2 Å². The van der Waals surface area contributed by atoms with Gasteiger partial charge in [-0.15, -0.1) is 11.3 Å². The summed E-state index contributed by atoms with van der Waals surface area (Å²) >= 11 is 1.61. The number of hydrogen-bond acceptors (Lipinski definition) is 5. The molecule has 3 amide bonds. The third-order valence-corrected chi connectivity index (χ3v) is 4.18. The van der Waals surface area contributed by atoms with E-state index in [-0.39, 0.29) is 0 Å². The number of thiazole rings is 1. The van der Waals surface area contributed by atoms with Crippen LogP contribution in [-0.4, -0.2) is 16.9 Å². The maximum atomic E-state index is 11.7. The van der Waals surface area contributed by atoms with Crippen molar-refractivity contribution in [1.82, 2.24) is 15.6 Å². The highest BCUT2D eigenvalue weighted by Crippen LogP contribution is 2.33. The van der Waals surface area contributed by atoms with Gasteiger partial charge in [-0.05, 0) is 25.1 Å². The molecule has 20 heavy (non-hydrogen) atoms. The molecule has 1 unspecified atom stereocenters. The Morgan fingerprint density at radius 2 is 2.20 bits per heavy atom. The lowest BCUT2D eigenvalue weighted by molar-refractivity contribution is -0.120. The second kappa shape index (κ2) is 3.80. The Balaban J connectivity index is 1.92. The summed E-state index contributed by atoms with van der Waals surface area (Å²) in [4.78, 5) is 27.3. The van der Waals surface area contributed by atoms with Gasteiger partial charge in [0.2, 0.25) is 0 Å². The molecule has 0 aliphatic carbocycles. The van der Waals surface area contributed by atoms with Crippen molar-refractivity contribution in [3.63, 3.8) is 0 Å². The van der Waals surface area contributed by atoms with E-state index >= 15 is 0 Å². The van der Waals surface area contributed by atoms with E-state index in [0.29, 0.717) is 11.3 Å². The molecule has 7 heteroatoms. The van der Waals surface area contributed by atoms with Crippen molar-refractivity contribution in [3.8, 4) is 0 Å². The molecule has 1 fully saturated rings. The minimum absolute atomic E-state index is 0.403. The Labute approximate surface area is 116 Å². The zero-order valence-electron chi connectivity index (χ0n) is 10.4. The molecule has 0 radical (unpaired) electrons. The predicted molar refractivity (Wildman–Crippen MR) is 73.5 cm³/mol. The second-order valence-corrected chi connectivity index (χ2v) is 5.84. The highest BCUT2D eigenvalue weighted by molar-refractivity contribution is 7.18. The van der Waals surface area contributed by atoms with Gasteiger partial charge in [0.25, 0.3) is 5.91 Å². The molecule has 1 aromatic carbocycles. The highest BCUT2D eigenvalue weighted by Gasteiger charge is 2.33. The Morgan fingerprint density at radius 1 is 1.35 bits per heavy atom. The quantitative estimate of drug-likeness (QED) is 0.672. The molecule has 4 rings (SSSR count). The van der Waals surface area contributed by atoms with Crippen LogP contribution in [0.1, 0.15) is 16.8 Å². The van der Waals surface area contributed by atoms with Crippen molar-refractivity contribution in [3.05, 3.63) is 29.0 Å². The van der Waals surface area contributed by atoms with Gasteiger partial charge in [0, 0.05) is 5.39 Å². The summed E-state index contributed by atoms with van der Waals surface area (Å²) < 4.78 is 6.75. The predicted octanol–water partition coefficient (Wildman–Crippen LogP) is 2.23. The first-order valence-electron chi connectivity index (χ1n) is 6.03. The molecule has 3 aromatic rings. The summed E-state index contributed by atoms with van der Waals surface area (Å²) in [5.41, 5.74) is 1.52. The van der Waals surface area contributed by atoms with Crippen LogP contribution < -0.4 is 10.6 Å². The molecule has 1 saturated heterocycles. The summed E-state index contributed by atoms with van der Waals surface area (Å²) in [6.07, 6.45) is 0. The molecular weight excluding hydrogens is 278 g/mol. The van der Waals surface area contributed by atoms with Gasteiger partial charge < -0.3 is 9.73 Å². The number of carbonyl (C=O) groups excluding carboxylic acids is 2. The molecule has 2 N–H and O–H groups in total. The maximum absolute atomic E-state index is 11.7. The van der Waals surface area contributed by atoms with Crippen LogP contribution >= 0.6 is 11.3 Å². The van der Waals surface area contributed by atoms with E-state index in [1.807, 2.05) is 19.1 Å². The molecule has 2 aromatic heterocycles. The lowest BCUT2D eigenvalue weighted by atomic mass is 10.2. The van der Waals surface area contributed by atoms with E-state index in [2.05, 4.69) is 15.6 Å². The van der Waals surface area contributed by atoms with Crippen LogP contribution in [0.2, 0.25) is 0 Å². The molecule has 3 heterocycles. The molecular formula is C13H9N3O3S. The molecule has 1 atom stereocenters. The molecule has 1 aliphatic rings. The van der Waals surface area contributed by atoms with Gasteiger partial charge in [0.1, 0.15) is 11.3 Å². The lowest BCUT2D eigenvalue weighted by Gasteiger charge is -2.00. The zero-order chi connectivity index (χ0) is 13.9. The van der Waals surface area contributed by atoms with Crippen molar-refractivity contribution in [2.24, 2.45) is 0 Å². The Morgan fingerprint density at radius 3 is 2.95 bits per heavy atom. The first-order valence-corrected chi connectivity index (χ1v) is 6.84. The van der Waals surface area contributed by atoms with E-state index in [4.69, 9.17) is 4.42 Å². The standard InChI is InChI=1S/C13H9N3O3S/c1-5-14-10-6-4-8(11-12(17)16-13(18)15-11)19-7(6)2-3-9(10)20-5/h2-4,11H,1H3,(H2,15,16,17,18). The third-order valence-electron chi connectivity index (χ3n) is 3.24. The zero-order valence-corrected chi connectivity index (χ0v) is 11.2. The SMILES string of the molecule is Cc1nc2c(ccc3oc(C4NC(=O)NC4=O)cc32)s1. The van der Waals surface area contributed by atoms with Crippen LogP contribution in [0.25, 0.3) is 21.2 Å². The number of imide groups is 1. The lowest BCUT2D eigenvalue weighted by Crippen LogP contribution is -2.22. The van der Waals surface area contributed by atoms with Gasteiger partial charge in [-0.1, -0.05) is 0 Å². The van der Waals surface area contributed by atoms with Gasteiger partial charge in [-0.3, -0.25) is 10.1 Å². The van der Waals surface area contributed by atoms with Crippen molar-refractivity contribution >= 4 is 44.5 Å². The summed E-state index contributed by atoms with van der Waals surface area (Å²) in [5, 5.41) is 6.54. The third kappa shape index (κ3) is 1.53. The summed E-state index contributed by atoms with van der Waals surface area (Å²) in [5.74, 6) is 0.0151. The topological polar surface area (TPSA) is 84.2 Å². The molecule has 0 spiro atoms. The first kappa shape index (κ1) is 11.4. The van der Waals surface area contributed by atoms with Gasteiger partial charge in [0.15, 0.2) is 6.04 Å². The van der Waals surface area contributed by atoms with Crippen molar-refractivity contribution in [2.75, 3.05) is 0 Å². The summed E-state index contributed by atoms with van der Waals surface area (Å²) in [6.45, 7) is 1.95. The Hall–Kier alpha value is -2.41. The molecule has 0 saturated carbocycles.